The summed E-state index contributed by atoms with van der Waals surface area (Å²) in [7, 11) is 0. The zero-order chi connectivity index (χ0) is 15.2. The van der Waals surface area contributed by atoms with E-state index in [-0.39, 0.29) is 30.0 Å². The minimum Gasteiger partial charge on any atom is -0.489 e. The maximum absolute atomic E-state index is 13.7. The summed E-state index contributed by atoms with van der Waals surface area (Å²) in [5.74, 6) is 3.62. The van der Waals surface area contributed by atoms with E-state index in [1.165, 1.54) is 12.1 Å². The Labute approximate surface area is 120 Å². The number of ether oxygens (including phenoxy) is 1. The molecule has 5 heteroatoms. The van der Waals surface area contributed by atoms with Crippen LogP contribution in [0.15, 0.2) is 36.4 Å². The first-order chi connectivity index (χ1) is 10.1. The van der Waals surface area contributed by atoms with E-state index in [1.54, 1.807) is 0 Å². The van der Waals surface area contributed by atoms with Crippen molar-refractivity contribution in [2.75, 3.05) is 6.54 Å². The van der Waals surface area contributed by atoms with E-state index in [2.05, 4.69) is 11.8 Å². The summed E-state index contributed by atoms with van der Waals surface area (Å²) in [6.45, 7) is -0.0621. The lowest BCUT2D eigenvalue weighted by atomic mass is 10.2. The highest BCUT2D eigenvalue weighted by atomic mass is 19.1. The van der Waals surface area contributed by atoms with E-state index < -0.39 is 17.5 Å². The molecule has 0 amide bonds. The molecule has 0 saturated carbocycles. The maximum atomic E-state index is 13.7. The van der Waals surface area contributed by atoms with Crippen LogP contribution in [-0.2, 0) is 6.61 Å². The molecular weight excluding hydrogens is 279 g/mol. The molecule has 108 valence electrons. The van der Waals surface area contributed by atoms with Crippen LogP contribution in [0.1, 0.15) is 11.1 Å². The van der Waals surface area contributed by atoms with Crippen molar-refractivity contribution in [2.45, 2.75) is 6.61 Å². The Morgan fingerprint density at radius 1 is 1.00 bits per heavy atom. The highest BCUT2D eigenvalue weighted by Crippen LogP contribution is 2.18. The van der Waals surface area contributed by atoms with E-state index in [1.807, 2.05) is 0 Å². The second-order valence-corrected chi connectivity index (χ2v) is 4.17. The fourth-order valence-electron chi connectivity index (χ4n) is 1.65. The summed E-state index contributed by atoms with van der Waals surface area (Å²) in [6, 6.07) is 7.14. The summed E-state index contributed by atoms with van der Waals surface area (Å²) < 4.78 is 45.3. The second kappa shape index (κ2) is 6.82. The molecule has 2 aromatic carbocycles. The summed E-state index contributed by atoms with van der Waals surface area (Å²) in [6.07, 6.45) is 0. The minimum absolute atomic E-state index is 0.0578. The highest BCUT2D eigenvalue weighted by Gasteiger charge is 2.06. The van der Waals surface area contributed by atoms with E-state index in [0.717, 1.165) is 24.3 Å². The Kier molecular flexibility index (Phi) is 4.85. The smallest absolute Gasteiger partial charge is 0.142 e. The standard InChI is InChI=1S/C16H12F3NO/c17-13-4-6-15(18)12(8-13)10-21-14-5-3-11(2-1-7-20)16(19)9-14/h3-6,8-9H,7,10,20H2. The van der Waals surface area contributed by atoms with Gasteiger partial charge in [0.15, 0.2) is 0 Å². The molecule has 0 unspecified atom stereocenters. The molecular formula is C16H12F3NO. The van der Waals surface area contributed by atoms with Crippen molar-refractivity contribution in [2.24, 2.45) is 5.73 Å². The van der Waals surface area contributed by atoms with Gasteiger partial charge in [0, 0.05) is 11.6 Å². The first kappa shape index (κ1) is 14.9. The number of benzene rings is 2. The predicted octanol–water partition coefficient (Wildman–Crippen LogP) is 2.99. The van der Waals surface area contributed by atoms with Crippen LogP contribution < -0.4 is 10.5 Å². The van der Waals surface area contributed by atoms with Crippen molar-refractivity contribution in [3.8, 4) is 17.6 Å². The average Bonchev–Trinajstić information content (AvgIpc) is 2.47. The Hall–Kier alpha value is -2.45. The first-order valence-electron chi connectivity index (χ1n) is 6.15. The molecule has 0 aromatic heterocycles. The van der Waals surface area contributed by atoms with Gasteiger partial charge in [-0.2, -0.15) is 0 Å². The van der Waals surface area contributed by atoms with Gasteiger partial charge in [0.25, 0.3) is 0 Å². The van der Waals surface area contributed by atoms with E-state index in [0.29, 0.717) is 0 Å². The summed E-state index contributed by atoms with van der Waals surface area (Å²) in [5, 5.41) is 0. The monoisotopic (exact) mass is 291 g/mol. The van der Waals surface area contributed by atoms with Crippen LogP contribution in [-0.4, -0.2) is 6.54 Å². The van der Waals surface area contributed by atoms with Crippen molar-refractivity contribution < 1.29 is 17.9 Å². The SMILES string of the molecule is NCC#Cc1ccc(OCc2cc(F)ccc2F)cc1F. The Balaban J connectivity index is 2.10. The van der Waals surface area contributed by atoms with Crippen molar-refractivity contribution in [1.29, 1.82) is 0 Å². The molecule has 2 aromatic rings. The Bertz CT molecular complexity index is 704. The molecule has 0 atom stereocenters. The molecule has 21 heavy (non-hydrogen) atoms. The van der Waals surface area contributed by atoms with Crippen molar-refractivity contribution in [3.05, 3.63) is 65.0 Å². The number of halogens is 3. The number of hydrogen-bond donors (Lipinski definition) is 1. The van der Waals surface area contributed by atoms with Crippen LogP contribution in [0.5, 0.6) is 5.75 Å². The highest BCUT2D eigenvalue weighted by molar-refractivity contribution is 5.40. The minimum atomic E-state index is -0.581. The van der Waals surface area contributed by atoms with Crippen LogP contribution >= 0.6 is 0 Å². The molecule has 0 aliphatic rings. The third kappa shape index (κ3) is 4.01. The van der Waals surface area contributed by atoms with Gasteiger partial charge in [-0.05, 0) is 30.3 Å². The topological polar surface area (TPSA) is 35.2 Å². The van der Waals surface area contributed by atoms with E-state index >= 15 is 0 Å². The largest absolute Gasteiger partial charge is 0.489 e. The fraction of sp³-hybridized carbons (Fsp3) is 0.125. The van der Waals surface area contributed by atoms with Gasteiger partial charge in [-0.1, -0.05) is 11.8 Å². The molecule has 2 N–H and O–H groups in total. The van der Waals surface area contributed by atoms with Gasteiger partial charge < -0.3 is 10.5 Å². The lowest BCUT2D eigenvalue weighted by Gasteiger charge is -2.08. The van der Waals surface area contributed by atoms with Gasteiger partial charge in [0.05, 0.1) is 12.1 Å². The van der Waals surface area contributed by atoms with Crippen LogP contribution in [0.2, 0.25) is 0 Å². The molecule has 0 fully saturated rings. The van der Waals surface area contributed by atoms with Gasteiger partial charge in [-0.25, -0.2) is 13.2 Å². The quantitative estimate of drug-likeness (QED) is 0.882. The molecule has 0 heterocycles. The summed E-state index contributed by atoms with van der Waals surface area (Å²) in [4.78, 5) is 0. The lowest BCUT2D eigenvalue weighted by molar-refractivity contribution is 0.297. The number of hydrogen-bond acceptors (Lipinski definition) is 2. The zero-order valence-electron chi connectivity index (χ0n) is 11.0. The molecule has 0 aliphatic carbocycles. The lowest BCUT2D eigenvalue weighted by Crippen LogP contribution is -2.00. The van der Waals surface area contributed by atoms with Gasteiger partial charge in [-0.15, -0.1) is 0 Å². The fourth-order valence-corrected chi connectivity index (χ4v) is 1.65. The van der Waals surface area contributed by atoms with Gasteiger partial charge in [0.2, 0.25) is 0 Å². The van der Waals surface area contributed by atoms with Crippen molar-refractivity contribution in [3.63, 3.8) is 0 Å². The Morgan fingerprint density at radius 3 is 2.52 bits per heavy atom. The maximum Gasteiger partial charge on any atom is 0.142 e. The summed E-state index contributed by atoms with van der Waals surface area (Å²) in [5.41, 5.74) is 5.46. The molecule has 2 nitrogen and oxygen atoms in total. The van der Waals surface area contributed by atoms with Crippen LogP contribution in [0.4, 0.5) is 13.2 Å². The number of nitrogens with two attached hydrogens (primary N) is 1. The van der Waals surface area contributed by atoms with Crippen molar-refractivity contribution in [1.82, 2.24) is 0 Å². The normalized spacial score (nSPS) is 9.90. The predicted molar refractivity (Wildman–Crippen MR) is 73.0 cm³/mol. The molecule has 2 rings (SSSR count). The zero-order valence-corrected chi connectivity index (χ0v) is 11.0. The second-order valence-electron chi connectivity index (χ2n) is 4.17. The molecule has 0 saturated heterocycles. The number of rotatable bonds is 3. The van der Waals surface area contributed by atoms with Crippen LogP contribution in [0, 0.1) is 29.3 Å². The van der Waals surface area contributed by atoms with Gasteiger partial charge >= 0.3 is 0 Å². The van der Waals surface area contributed by atoms with Crippen molar-refractivity contribution >= 4 is 0 Å². The van der Waals surface area contributed by atoms with E-state index in [9.17, 15) is 13.2 Å². The third-order valence-electron chi connectivity index (χ3n) is 2.67. The van der Waals surface area contributed by atoms with Crippen LogP contribution in [0.3, 0.4) is 0 Å². The third-order valence-corrected chi connectivity index (χ3v) is 2.67. The van der Waals surface area contributed by atoms with Crippen LogP contribution in [0.25, 0.3) is 0 Å². The Morgan fingerprint density at radius 2 is 1.81 bits per heavy atom. The average molecular weight is 291 g/mol. The first-order valence-corrected chi connectivity index (χ1v) is 6.15. The molecule has 0 spiro atoms. The molecule has 0 aliphatic heterocycles. The van der Waals surface area contributed by atoms with Gasteiger partial charge in [-0.3, -0.25) is 0 Å². The molecule has 0 radical (unpaired) electrons. The van der Waals surface area contributed by atoms with Gasteiger partial charge in [0.1, 0.15) is 29.8 Å². The summed E-state index contributed by atoms with van der Waals surface area (Å²) >= 11 is 0. The molecule has 0 bridgehead atoms. The van der Waals surface area contributed by atoms with E-state index in [4.69, 9.17) is 10.5 Å².